The fraction of sp³-hybridized carbons (Fsp3) is 0.125. The molecular formula is C16H13F2N3O2. The lowest BCUT2D eigenvalue weighted by atomic mass is 10.1. The van der Waals surface area contributed by atoms with Crippen molar-refractivity contribution >= 4 is 23.3 Å². The predicted molar refractivity (Wildman–Crippen MR) is 81.4 cm³/mol. The van der Waals surface area contributed by atoms with Gasteiger partial charge in [-0.05, 0) is 42.3 Å². The molecule has 0 bridgehead atoms. The Morgan fingerprint density at radius 2 is 1.83 bits per heavy atom. The SMILES string of the molecule is NC(=O)N1CCc2cc(NC(=O)c3c(F)cccc3F)ccc21. The van der Waals surface area contributed by atoms with Crippen molar-refractivity contribution in [3.05, 3.63) is 59.2 Å². The van der Waals surface area contributed by atoms with Crippen LogP contribution in [-0.4, -0.2) is 18.5 Å². The maximum Gasteiger partial charge on any atom is 0.319 e. The van der Waals surface area contributed by atoms with Crippen LogP contribution in [0.4, 0.5) is 25.0 Å². The lowest BCUT2D eigenvalue weighted by Crippen LogP contribution is -2.33. The minimum absolute atomic E-state index is 0.391. The van der Waals surface area contributed by atoms with E-state index in [4.69, 9.17) is 5.73 Å². The number of nitrogens with two attached hydrogens (primary N) is 1. The average Bonchev–Trinajstić information content (AvgIpc) is 2.90. The third-order valence-electron chi connectivity index (χ3n) is 3.69. The first-order chi connectivity index (χ1) is 11.0. The third kappa shape index (κ3) is 2.73. The molecule has 1 aliphatic rings. The molecule has 5 nitrogen and oxygen atoms in total. The predicted octanol–water partition coefficient (Wildman–Crippen LogP) is 2.66. The molecule has 1 heterocycles. The van der Waals surface area contributed by atoms with Crippen LogP contribution in [-0.2, 0) is 6.42 Å². The number of nitrogens with one attached hydrogen (secondary N) is 1. The summed E-state index contributed by atoms with van der Waals surface area (Å²) >= 11 is 0. The van der Waals surface area contributed by atoms with Crippen molar-refractivity contribution in [2.45, 2.75) is 6.42 Å². The van der Waals surface area contributed by atoms with Crippen LogP contribution < -0.4 is 16.0 Å². The Hall–Kier alpha value is -2.96. The van der Waals surface area contributed by atoms with Crippen molar-refractivity contribution in [2.24, 2.45) is 5.73 Å². The number of benzene rings is 2. The van der Waals surface area contributed by atoms with Crippen LogP contribution in [0.25, 0.3) is 0 Å². The van der Waals surface area contributed by atoms with Gasteiger partial charge in [0.25, 0.3) is 5.91 Å². The molecule has 3 N–H and O–H groups in total. The average molecular weight is 317 g/mol. The molecule has 7 heteroatoms. The van der Waals surface area contributed by atoms with Gasteiger partial charge in [0.15, 0.2) is 0 Å². The third-order valence-corrected chi connectivity index (χ3v) is 3.69. The van der Waals surface area contributed by atoms with Crippen molar-refractivity contribution in [3.8, 4) is 0 Å². The number of halogens is 2. The molecule has 0 atom stereocenters. The zero-order valence-electron chi connectivity index (χ0n) is 12.0. The van der Waals surface area contributed by atoms with Gasteiger partial charge in [-0.2, -0.15) is 0 Å². The number of fused-ring (bicyclic) bond motifs is 1. The zero-order chi connectivity index (χ0) is 16.6. The van der Waals surface area contributed by atoms with Gasteiger partial charge in [-0.1, -0.05) is 6.07 Å². The molecule has 0 unspecified atom stereocenters. The Morgan fingerprint density at radius 3 is 2.48 bits per heavy atom. The molecule has 0 radical (unpaired) electrons. The number of carbonyl (C=O) groups excluding carboxylic acids is 2. The Morgan fingerprint density at radius 1 is 1.13 bits per heavy atom. The topological polar surface area (TPSA) is 75.4 Å². The summed E-state index contributed by atoms with van der Waals surface area (Å²) in [7, 11) is 0. The summed E-state index contributed by atoms with van der Waals surface area (Å²) < 4.78 is 27.2. The van der Waals surface area contributed by atoms with E-state index in [0.717, 1.165) is 17.7 Å². The number of nitrogens with zero attached hydrogens (tertiary/aromatic N) is 1. The lowest BCUT2D eigenvalue weighted by molar-refractivity contribution is 0.101. The number of urea groups is 1. The van der Waals surface area contributed by atoms with Crippen LogP contribution in [0, 0.1) is 11.6 Å². The van der Waals surface area contributed by atoms with Gasteiger partial charge in [0.1, 0.15) is 17.2 Å². The van der Waals surface area contributed by atoms with Gasteiger partial charge in [-0.15, -0.1) is 0 Å². The fourth-order valence-corrected chi connectivity index (χ4v) is 2.62. The van der Waals surface area contributed by atoms with Crippen LogP contribution in [0.3, 0.4) is 0 Å². The molecule has 2 aromatic rings. The van der Waals surface area contributed by atoms with Gasteiger partial charge in [0.05, 0.1) is 0 Å². The van der Waals surface area contributed by atoms with Crippen molar-refractivity contribution in [1.82, 2.24) is 0 Å². The zero-order valence-corrected chi connectivity index (χ0v) is 12.0. The smallest absolute Gasteiger partial charge is 0.319 e. The van der Waals surface area contributed by atoms with Gasteiger partial charge in [-0.3, -0.25) is 9.69 Å². The van der Waals surface area contributed by atoms with E-state index in [1.54, 1.807) is 18.2 Å². The van der Waals surface area contributed by atoms with Crippen molar-refractivity contribution in [1.29, 1.82) is 0 Å². The van der Waals surface area contributed by atoms with E-state index >= 15 is 0 Å². The second-order valence-corrected chi connectivity index (χ2v) is 5.13. The number of hydrogen-bond donors (Lipinski definition) is 2. The highest BCUT2D eigenvalue weighted by Crippen LogP contribution is 2.30. The number of anilines is 2. The molecule has 3 rings (SSSR count). The highest BCUT2D eigenvalue weighted by molar-refractivity contribution is 6.05. The van der Waals surface area contributed by atoms with Crippen LogP contribution in [0.5, 0.6) is 0 Å². The summed E-state index contributed by atoms with van der Waals surface area (Å²) in [6.07, 6.45) is 0.593. The normalized spacial score (nSPS) is 12.9. The lowest BCUT2D eigenvalue weighted by Gasteiger charge is -2.14. The Balaban J connectivity index is 1.85. The van der Waals surface area contributed by atoms with E-state index in [2.05, 4.69) is 5.32 Å². The fourth-order valence-electron chi connectivity index (χ4n) is 2.62. The van der Waals surface area contributed by atoms with Crippen molar-refractivity contribution < 1.29 is 18.4 Å². The molecule has 0 aliphatic carbocycles. The largest absolute Gasteiger partial charge is 0.351 e. The summed E-state index contributed by atoms with van der Waals surface area (Å²) in [6.45, 7) is 0.462. The Kier molecular flexibility index (Phi) is 3.69. The maximum absolute atomic E-state index is 13.6. The van der Waals surface area contributed by atoms with Gasteiger partial charge in [-0.25, -0.2) is 13.6 Å². The number of carbonyl (C=O) groups is 2. The van der Waals surface area contributed by atoms with Crippen LogP contribution in [0.1, 0.15) is 15.9 Å². The quantitative estimate of drug-likeness (QED) is 0.893. The second kappa shape index (κ2) is 5.68. The van der Waals surface area contributed by atoms with Crippen LogP contribution in [0.2, 0.25) is 0 Å². The van der Waals surface area contributed by atoms with Crippen LogP contribution >= 0.6 is 0 Å². The minimum atomic E-state index is -0.927. The molecule has 0 aromatic heterocycles. The molecule has 1 aliphatic heterocycles. The maximum atomic E-state index is 13.6. The van der Waals surface area contributed by atoms with Gasteiger partial charge >= 0.3 is 6.03 Å². The Labute approximate surface area is 130 Å². The molecule has 0 saturated heterocycles. The first-order valence-corrected chi connectivity index (χ1v) is 6.92. The minimum Gasteiger partial charge on any atom is -0.351 e. The van der Waals surface area contributed by atoms with Gasteiger partial charge in [0, 0.05) is 17.9 Å². The monoisotopic (exact) mass is 317 g/mol. The van der Waals surface area contributed by atoms with E-state index < -0.39 is 29.1 Å². The number of rotatable bonds is 2. The van der Waals surface area contributed by atoms with Crippen LogP contribution in [0.15, 0.2) is 36.4 Å². The molecule has 23 heavy (non-hydrogen) atoms. The van der Waals surface area contributed by atoms with E-state index in [9.17, 15) is 18.4 Å². The molecule has 3 amide bonds. The summed E-state index contributed by atoms with van der Waals surface area (Å²) in [5.41, 5.74) is 6.54. The van der Waals surface area contributed by atoms with E-state index in [0.29, 0.717) is 24.3 Å². The van der Waals surface area contributed by atoms with E-state index in [1.807, 2.05) is 0 Å². The molecule has 0 fully saturated rings. The first kappa shape index (κ1) is 15.0. The van der Waals surface area contributed by atoms with E-state index in [-0.39, 0.29) is 0 Å². The molecule has 118 valence electrons. The second-order valence-electron chi connectivity index (χ2n) is 5.13. The summed E-state index contributed by atoms with van der Waals surface area (Å²) in [4.78, 5) is 24.8. The van der Waals surface area contributed by atoms with Gasteiger partial charge < -0.3 is 11.1 Å². The summed E-state index contributed by atoms with van der Waals surface area (Å²) in [5, 5.41) is 2.46. The van der Waals surface area contributed by atoms with Crippen molar-refractivity contribution in [2.75, 3.05) is 16.8 Å². The van der Waals surface area contributed by atoms with Crippen molar-refractivity contribution in [3.63, 3.8) is 0 Å². The standard InChI is InChI=1S/C16H13F2N3O2/c17-11-2-1-3-12(18)14(11)15(22)20-10-4-5-13-9(8-10)6-7-21(13)16(19)23/h1-5,8H,6-7H2,(H2,19,23)(H,20,22). The van der Waals surface area contributed by atoms with Gasteiger partial charge in [0.2, 0.25) is 0 Å². The summed E-state index contributed by atoms with van der Waals surface area (Å²) in [5.74, 6) is -2.72. The molecule has 0 spiro atoms. The molecule has 2 aromatic carbocycles. The van der Waals surface area contributed by atoms with E-state index in [1.165, 1.54) is 11.0 Å². The number of primary amides is 1. The molecular weight excluding hydrogens is 304 g/mol. The molecule has 0 saturated carbocycles. The summed E-state index contributed by atoms with van der Waals surface area (Å²) in [6, 6.07) is 7.53. The number of hydrogen-bond acceptors (Lipinski definition) is 2. The number of amides is 3. The highest BCUT2D eigenvalue weighted by atomic mass is 19.1. The highest BCUT2D eigenvalue weighted by Gasteiger charge is 2.23. The first-order valence-electron chi connectivity index (χ1n) is 6.92. The Bertz CT molecular complexity index is 788.